The minimum absolute atomic E-state index is 0.153. The number of ether oxygens (including phenoxy) is 3. The van der Waals surface area contributed by atoms with Crippen molar-refractivity contribution in [2.75, 3.05) is 31.6 Å². The van der Waals surface area contributed by atoms with Crippen LogP contribution in [0.1, 0.15) is 38.2 Å². The van der Waals surface area contributed by atoms with E-state index in [9.17, 15) is 4.79 Å². The van der Waals surface area contributed by atoms with E-state index in [0.717, 1.165) is 54.8 Å². The zero-order valence-electron chi connectivity index (χ0n) is 23.2. The molecule has 3 aromatic carbocycles. The van der Waals surface area contributed by atoms with E-state index in [0.29, 0.717) is 47.7 Å². The summed E-state index contributed by atoms with van der Waals surface area (Å²) in [5, 5.41) is 11.0. The zero-order chi connectivity index (χ0) is 28.4. The molecule has 4 aromatic rings. The number of aromatic amines is 1. The van der Waals surface area contributed by atoms with E-state index >= 15 is 0 Å². The molecule has 2 heterocycles. The highest BCUT2D eigenvalue weighted by Gasteiger charge is 2.18. The van der Waals surface area contributed by atoms with Crippen LogP contribution in [0, 0.1) is 0 Å². The number of benzene rings is 3. The van der Waals surface area contributed by atoms with Gasteiger partial charge in [-0.3, -0.25) is 14.8 Å². The lowest BCUT2D eigenvalue weighted by atomic mass is 10.1. The lowest BCUT2D eigenvalue weighted by Crippen LogP contribution is -2.33. The van der Waals surface area contributed by atoms with Crippen LogP contribution < -0.4 is 19.5 Å². The highest BCUT2D eigenvalue weighted by Crippen LogP contribution is 2.37. The molecule has 41 heavy (non-hydrogen) atoms. The molecule has 1 aromatic heterocycles. The van der Waals surface area contributed by atoms with Crippen LogP contribution in [0.2, 0.25) is 5.02 Å². The molecule has 9 heteroatoms. The molecule has 5 rings (SSSR count). The quantitative estimate of drug-likeness (QED) is 0.260. The van der Waals surface area contributed by atoms with Gasteiger partial charge in [-0.15, -0.1) is 0 Å². The number of rotatable bonds is 5. The Kier molecular flexibility index (Phi) is 9.78. The highest BCUT2D eigenvalue weighted by molar-refractivity contribution is 6.31. The highest BCUT2D eigenvalue weighted by atomic mass is 35.5. The predicted octanol–water partition coefficient (Wildman–Crippen LogP) is 7.31. The van der Waals surface area contributed by atoms with Gasteiger partial charge in [0.2, 0.25) is 5.91 Å². The minimum Gasteiger partial charge on any atom is -0.494 e. The third-order valence-corrected chi connectivity index (χ3v) is 7.08. The van der Waals surface area contributed by atoms with Crippen LogP contribution in [-0.4, -0.2) is 47.3 Å². The first-order valence-electron chi connectivity index (χ1n) is 14.1. The van der Waals surface area contributed by atoms with Crippen molar-refractivity contribution in [2.24, 2.45) is 0 Å². The summed E-state index contributed by atoms with van der Waals surface area (Å²) in [6, 6.07) is 20.7. The Morgan fingerprint density at radius 1 is 0.976 bits per heavy atom. The van der Waals surface area contributed by atoms with Crippen molar-refractivity contribution < 1.29 is 19.0 Å². The third kappa shape index (κ3) is 7.80. The Balaban J connectivity index is 1.36. The van der Waals surface area contributed by atoms with Crippen LogP contribution in [0.25, 0.3) is 11.3 Å². The monoisotopic (exact) mass is 574 g/mol. The molecule has 1 aliphatic rings. The van der Waals surface area contributed by atoms with Crippen LogP contribution >= 0.6 is 11.6 Å². The number of carbonyl (C=O) groups excluding carboxylic acids is 1. The van der Waals surface area contributed by atoms with Crippen molar-refractivity contribution in [1.29, 1.82) is 0 Å². The maximum absolute atomic E-state index is 13.4. The molecule has 214 valence electrons. The summed E-state index contributed by atoms with van der Waals surface area (Å²) in [5.74, 6) is 2.42. The molecule has 2 N–H and O–H groups in total. The number of halogens is 1. The van der Waals surface area contributed by atoms with Crippen molar-refractivity contribution in [2.45, 2.75) is 39.2 Å². The zero-order valence-corrected chi connectivity index (χ0v) is 24.0. The molecule has 0 bridgehead atoms. The van der Waals surface area contributed by atoms with E-state index in [1.165, 1.54) is 0 Å². The number of anilines is 1. The number of aromatic nitrogens is 2. The smallest absolute Gasteiger partial charge is 0.238 e. The second-order valence-electron chi connectivity index (χ2n) is 9.94. The fourth-order valence-corrected chi connectivity index (χ4v) is 5.02. The Hall–Kier alpha value is -4.01. The molecule has 0 radical (unpaired) electrons. The van der Waals surface area contributed by atoms with Crippen molar-refractivity contribution in [1.82, 2.24) is 15.1 Å². The molecule has 8 nitrogen and oxygen atoms in total. The second kappa shape index (κ2) is 14.1. The molecule has 1 amide bonds. The maximum Gasteiger partial charge on any atom is 0.238 e. The first kappa shape index (κ1) is 28.5. The topological polar surface area (TPSA) is 88.7 Å². The van der Waals surface area contributed by atoms with E-state index in [4.69, 9.17) is 25.8 Å². The van der Waals surface area contributed by atoms with E-state index in [1.54, 1.807) is 18.2 Å². The van der Waals surface area contributed by atoms with E-state index in [2.05, 4.69) is 20.4 Å². The molecule has 0 saturated carbocycles. The summed E-state index contributed by atoms with van der Waals surface area (Å²) in [4.78, 5) is 15.5. The van der Waals surface area contributed by atoms with Crippen LogP contribution in [0.5, 0.6) is 23.0 Å². The van der Waals surface area contributed by atoms with Crippen LogP contribution in [0.4, 0.5) is 5.69 Å². The molecule has 0 atom stereocenters. The summed E-state index contributed by atoms with van der Waals surface area (Å²) < 4.78 is 17.8. The fourth-order valence-electron chi connectivity index (χ4n) is 4.85. The normalized spacial score (nSPS) is 15.1. The average Bonchev–Trinajstić information content (AvgIpc) is 3.42. The number of hydrogen-bond donors (Lipinski definition) is 2. The molecule has 0 unspecified atom stereocenters. The van der Waals surface area contributed by atoms with Crippen molar-refractivity contribution in [3.8, 4) is 34.3 Å². The summed E-state index contributed by atoms with van der Waals surface area (Å²) in [5.41, 5.74) is 3.47. The minimum atomic E-state index is -0.153. The SMILES string of the molecule is CCOc1ccc(-c2[nH]ncc2CN2CCCCCCOc3ccccc3Oc3ccc(Cl)cc3NC(=O)C2)cc1. The Morgan fingerprint density at radius 3 is 2.61 bits per heavy atom. The average molecular weight is 575 g/mol. The number of nitrogens with one attached hydrogen (secondary N) is 2. The summed E-state index contributed by atoms with van der Waals surface area (Å²) in [7, 11) is 0. The van der Waals surface area contributed by atoms with Crippen LogP contribution in [0.3, 0.4) is 0 Å². The van der Waals surface area contributed by atoms with Gasteiger partial charge in [0.1, 0.15) is 5.75 Å². The molecule has 0 aliphatic carbocycles. The van der Waals surface area contributed by atoms with E-state index < -0.39 is 0 Å². The molecule has 0 spiro atoms. The summed E-state index contributed by atoms with van der Waals surface area (Å²) in [6.45, 7) is 4.74. The maximum atomic E-state index is 13.4. The van der Waals surface area contributed by atoms with Gasteiger partial charge in [0.15, 0.2) is 17.2 Å². The van der Waals surface area contributed by atoms with Gasteiger partial charge in [0.25, 0.3) is 0 Å². The van der Waals surface area contributed by atoms with Gasteiger partial charge >= 0.3 is 0 Å². The van der Waals surface area contributed by atoms with Gasteiger partial charge in [-0.1, -0.05) is 36.6 Å². The third-order valence-electron chi connectivity index (χ3n) is 6.84. The first-order valence-corrected chi connectivity index (χ1v) is 14.4. The van der Waals surface area contributed by atoms with E-state index in [-0.39, 0.29) is 12.5 Å². The molecular formula is C32H35ClN4O4. The number of fused-ring (bicyclic) bond motifs is 2. The van der Waals surface area contributed by atoms with Gasteiger partial charge < -0.3 is 19.5 Å². The molecule has 1 aliphatic heterocycles. The number of hydrogen-bond acceptors (Lipinski definition) is 6. The number of para-hydroxylation sites is 2. The summed E-state index contributed by atoms with van der Waals surface area (Å²) in [6.07, 6.45) is 5.80. The number of carbonyl (C=O) groups is 1. The van der Waals surface area contributed by atoms with Crippen molar-refractivity contribution >= 4 is 23.2 Å². The molecule has 0 fully saturated rings. The Labute approximate surface area is 245 Å². The van der Waals surface area contributed by atoms with E-state index in [1.807, 2.05) is 61.7 Å². The van der Waals surface area contributed by atoms with Gasteiger partial charge in [-0.05, 0) is 80.9 Å². The van der Waals surface area contributed by atoms with Crippen molar-refractivity contribution in [3.63, 3.8) is 0 Å². The Bertz CT molecular complexity index is 1440. The number of amides is 1. The predicted molar refractivity (Wildman–Crippen MR) is 161 cm³/mol. The van der Waals surface area contributed by atoms with Gasteiger partial charge in [-0.2, -0.15) is 5.10 Å². The first-order chi connectivity index (χ1) is 20.1. The fraction of sp³-hybridized carbons (Fsp3) is 0.312. The lowest BCUT2D eigenvalue weighted by molar-refractivity contribution is -0.117. The second-order valence-corrected chi connectivity index (χ2v) is 10.4. The largest absolute Gasteiger partial charge is 0.494 e. The Morgan fingerprint density at radius 2 is 1.78 bits per heavy atom. The van der Waals surface area contributed by atoms with Gasteiger partial charge in [0, 0.05) is 22.7 Å². The number of nitrogens with zero attached hydrogens (tertiary/aromatic N) is 2. The van der Waals surface area contributed by atoms with Crippen LogP contribution in [0.15, 0.2) is 72.9 Å². The van der Waals surface area contributed by atoms with Gasteiger partial charge in [0.05, 0.1) is 37.3 Å². The molecular weight excluding hydrogens is 540 g/mol. The number of H-pyrrole nitrogens is 1. The van der Waals surface area contributed by atoms with Gasteiger partial charge in [-0.25, -0.2) is 0 Å². The summed E-state index contributed by atoms with van der Waals surface area (Å²) >= 11 is 6.30. The van der Waals surface area contributed by atoms with Crippen LogP contribution in [-0.2, 0) is 11.3 Å². The van der Waals surface area contributed by atoms with Crippen molar-refractivity contribution in [3.05, 3.63) is 83.5 Å². The lowest BCUT2D eigenvalue weighted by Gasteiger charge is -2.23. The standard InChI is InChI=1S/C32H35ClN4O4/c1-2-39-26-14-11-23(12-15-26)32-24(20-34-36-32)21-37-17-7-3-4-8-18-40-29-9-5-6-10-30(29)41-28-16-13-25(33)19-27(28)35-31(38)22-37/h5-6,9-16,19-20H,2-4,7-8,17-18,21-22H2,1H3,(H,34,36)(H,35,38). The molecule has 0 saturated heterocycles.